The van der Waals surface area contributed by atoms with Crippen LogP contribution in [0.25, 0.3) is 10.4 Å². The second-order valence-corrected chi connectivity index (χ2v) is 2.66. The fourth-order valence-corrected chi connectivity index (χ4v) is 0.218. The Morgan fingerprint density at radius 2 is 1.89 bits per heavy atom. The standard InChI is InChI=1S/C4H11N4.H4Si/c1-8(2,3)4-6-7-5;/h4H2,1-3H3;1H4/q+1;. The minimum absolute atomic E-state index is 0. The maximum absolute atomic E-state index is 7.88. The summed E-state index contributed by atoms with van der Waals surface area (Å²) in [5.41, 5.74) is 7.88. The highest BCUT2D eigenvalue weighted by Gasteiger charge is 2.01. The molecule has 0 unspecified atom stereocenters. The van der Waals surface area contributed by atoms with Gasteiger partial charge in [-0.25, -0.2) is 0 Å². The minimum Gasteiger partial charge on any atom is -0.326 e. The Morgan fingerprint density at radius 3 is 2.00 bits per heavy atom. The highest BCUT2D eigenvalue weighted by Crippen LogP contribution is 1.88. The van der Waals surface area contributed by atoms with Crippen molar-refractivity contribution in [3.63, 3.8) is 0 Å². The number of hydrogen-bond acceptors (Lipinski definition) is 1. The van der Waals surface area contributed by atoms with Gasteiger partial charge in [0.05, 0.1) is 21.1 Å². The van der Waals surface area contributed by atoms with E-state index in [4.69, 9.17) is 5.53 Å². The van der Waals surface area contributed by atoms with Gasteiger partial charge >= 0.3 is 0 Å². The van der Waals surface area contributed by atoms with E-state index in [1.54, 1.807) is 0 Å². The molecule has 0 fully saturated rings. The fourth-order valence-electron chi connectivity index (χ4n) is 0.218. The molecule has 0 saturated carbocycles. The maximum atomic E-state index is 7.88. The maximum Gasteiger partial charge on any atom is 0.159 e. The molecule has 0 aromatic heterocycles. The van der Waals surface area contributed by atoms with Crippen LogP contribution in [0.2, 0.25) is 0 Å². The van der Waals surface area contributed by atoms with E-state index < -0.39 is 0 Å². The molecule has 9 heavy (non-hydrogen) atoms. The summed E-state index contributed by atoms with van der Waals surface area (Å²) in [6, 6.07) is 0. The zero-order valence-electron chi connectivity index (χ0n) is 5.50. The van der Waals surface area contributed by atoms with Crippen LogP contribution in [0.1, 0.15) is 0 Å². The van der Waals surface area contributed by atoms with Crippen molar-refractivity contribution in [1.82, 2.24) is 0 Å². The summed E-state index contributed by atoms with van der Waals surface area (Å²) in [6.45, 7) is 0.510. The van der Waals surface area contributed by atoms with Gasteiger partial charge in [-0.05, 0) is 21.6 Å². The van der Waals surface area contributed by atoms with E-state index in [9.17, 15) is 0 Å². The summed E-state index contributed by atoms with van der Waals surface area (Å²) in [5.74, 6) is 0. The van der Waals surface area contributed by atoms with E-state index in [2.05, 4.69) is 10.0 Å². The van der Waals surface area contributed by atoms with Gasteiger partial charge in [0.15, 0.2) is 6.67 Å². The minimum atomic E-state index is 0. The first kappa shape index (κ1) is 11.3. The average Bonchev–Trinajstić information content (AvgIpc) is 1.59. The van der Waals surface area contributed by atoms with E-state index in [0.29, 0.717) is 11.2 Å². The van der Waals surface area contributed by atoms with Crippen molar-refractivity contribution in [3.8, 4) is 0 Å². The Bertz CT molecular complexity index is 110. The molecular weight excluding hydrogens is 132 g/mol. The zero-order valence-corrected chi connectivity index (χ0v) is 5.50. The highest BCUT2D eigenvalue weighted by atomic mass is 28.1. The summed E-state index contributed by atoms with van der Waals surface area (Å²) in [7, 11) is 5.90. The third-order valence-electron chi connectivity index (χ3n) is 0.551. The van der Waals surface area contributed by atoms with E-state index in [0.717, 1.165) is 0 Å². The van der Waals surface area contributed by atoms with Gasteiger partial charge in [0.1, 0.15) is 0 Å². The first-order valence-electron chi connectivity index (χ1n) is 2.37. The molecule has 0 amide bonds. The Kier molecular flexibility index (Phi) is 5.49. The predicted molar refractivity (Wildman–Crippen MR) is 43.4 cm³/mol. The summed E-state index contributed by atoms with van der Waals surface area (Å²) in [4.78, 5) is 2.63. The van der Waals surface area contributed by atoms with Crippen molar-refractivity contribution in [1.29, 1.82) is 0 Å². The van der Waals surface area contributed by atoms with E-state index in [1.165, 1.54) is 0 Å². The van der Waals surface area contributed by atoms with Crippen LogP contribution in [0.15, 0.2) is 5.11 Å². The van der Waals surface area contributed by atoms with E-state index >= 15 is 0 Å². The van der Waals surface area contributed by atoms with Crippen LogP contribution in [0.5, 0.6) is 0 Å². The molecule has 0 spiro atoms. The molecule has 0 saturated heterocycles. The highest BCUT2D eigenvalue weighted by molar-refractivity contribution is 5.75. The number of rotatable bonds is 2. The summed E-state index contributed by atoms with van der Waals surface area (Å²) >= 11 is 0. The van der Waals surface area contributed by atoms with Crippen molar-refractivity contribution in [2.45, 2.75) is 0 Å². The van der Waals surface area contributed by atoms with Crippen LogP contribution in [0, 0.1) is 0 Å². The fraction of sp³-hybridized carbons (Fsp3) is 1.00. The van der Waals surface area contributed by atoms with Gasteiger partial charge in [-0.3, -0.25) is 0 Å². The molecule has 0 aliphatic heterocycles. The molecular formula is C4H15N4Si+. The van der Waals surface area contributed by atoms with Gasteiger partial charge < -0.3 is 4.48 Å². The van der Waals surface area contributed by atoms with Crippen LogP contribution < -0.4 is 0 Å². The molecule has 5 heteroatoms. The van der Waals surface area contributed by atoms with Gasteiger partial charge in [0, 0.05) is 4.91 Å². The van der Waals surface area contributed by atoms with E-state index in [-0.39, 0.29) is 11.0 Å². The molecule has 0 N–H and O–H groups in total. The van der Waals surface area contributed by atoms with Crippen molar-refractivity contribution in [2.75, 3.05) is 27.8 Å². The largest absolute Gasteiger partial charge is 0.326 e. The Balaban J connectivity index is 0. The Morgan fingerprint density at radius 1 is 1.44 bits per heavy atom. The van der Waals surface area contributed by atoms with Crippen molar-refractivity contribution >= 4 is 11.0 Å². The number of quaternary nitrogens is 1. The topological polar surface area (TPSA) is 48.8 Å². The predicted octanol–water partition coefficient (Wildman–Crippen LogP) is -0.491. The third kappa shape index (κ3) is 11.2. The molecule has 4 nitrogen and oxygen atoms in total. The first-order chi connectivity index (χ1) is 3.56. The monoisotopic (exact) mass is 147 g/mol. The molecule has 0 aromatic carbocycles. The first-order valence-corrected chi connectivity index (χ1v) is 2.37. The molecule has 0 aromatic rings. The third-order valence-corrected chi connectivity index (χ3v) is 0.551. The zero-order chi connectivity index (χ0) is 6.62. The van der Waals surface area contributed by atoms with Crippen LogP contribution in [-0.2, 0) is 0 Å². The normalized spacial score (nSPS) is 9.22. The second-order valence-electron chi connectivity index (χ2n) is 2.66. The average molecular weight is 147 g/mol. The van der Waals surface area contributed by atoms with Gasteiger partial charge in [-0.2, -0.15) is 0 Å². The van der Waals surface area contributed by atoms with Crippen molar-refractivity contribution < 1.29 is 4.48 Å². The number of azide groups is 1. The SMILES string of the molecule is C[N+](C)(C)CN=[N+]=[N-].[SiH4]. The molecule has 0 aliphatic carbocycles. The van der Waals surface area contributed by atoms with Gasteiger partial charge in [-0.1, -0.05) is 0 Å². The summed E-state index contributed by atoms with van der Waals surface area (Å²) in [5, 5.41) is 3.40. The smallest absolute Gasteiger partial charge is 0.159 e. The quantitative estimate of drug-likeness (QED) is 0.166. The summed E-state index contributed by atoms with van der Waals surface area (Å²) < 4.78 is 0.685. The molecule has 54 valence electrons. The molecule has 0 aliphatic rings. The van der Waals surface area contributed by atoms with Crippen LogP contribution in [-0.4, -0.2) is 43.3 Å². The van der Waals surface area contributed by atoms with Gasteiger partial charge in [0.25, 0.3) is 0 Å². The Hall–Kier alpha value is -0.513. The lowest BCUT2D eigenvalue weighted by atomic mass is 10.7. The van der Waals surface area contributed by atoms with Crippen LogP contribution >= 0.6 is 0 Å². The Labute approximate surface area is 59.7 Å². The lowest BCUT2D eigenvalue weighted by Crippen LogP contribution is -2.33. The second kappa shape index (κ2) is 4.37. The molecule has 0 bridgehead atoms. The lowest BCUT2D eigenvalue weighted by Gasteiger charge is -2.20. The summed E-state index contributed by atoms with van der Waals surface area (Å²) in [6.07, 6.45) is 0. The van der Waals surface area contributed by atoms with Gasteiger partial charge in [0.2, 0.25) is 0 Å². The molecule has 0 radical (unpaired) electrons. The van der Waals surface area contributed by atoms with Crippen molar-refractivity contribution in [2.24, 2.45) is 5.11 Å². The number of nitrogens with zero attached hydrogens (tertiary/aromatic N) is 4. The van der Waals surface area contributed by atoms with Gasteiger partial charge in [-0.15, -0.1) is 0 Å². The number of hydrogen-bond donors (Lipinski definition) is 0. The van der Waals surface area contributed by atoms with Crippen LogP contribution in [0.4, 0.5) is 0 Å². The van der Waals surface area contributed by atoms with E-state index in [1.807, 2.05) is 21.1 Å². The lowest BCUT2D eigenvalue weighted by molar-refractivity contribution is -0.869. The molecule has 0 rings (SSSR count). The molecule has 0 atom stereocenters. The molecule has 0 heterocycles. The van der Waals surface area contributed by atoms with Crippen molar-refractivity contribution in [3.05, 3.63) is 10.4 Å². The van der Waals surface area contributed by atoms with Crippen LogP contribution in [0.3, 0.4) is 0 Å².